The number of rotatable bonds is 6. The number of nitrogens with zero attached hydrogens (tertiary/aromatic N) is 4. The minimum Gasteiger partial charge on any atom is -0.378 e. The van der Waals surface area contributed by atoms with Gasteiger partial charge in [0, 0.05) is 36.8 Å². The van der Waals surface area contributed by atoms with Crippen molar-refractivity contribution in [2.45, 2.75) is 62.6 Å². The molecule has 0 radical (unpaired) electrons. The first-order valence-corrected chi connectivity index (χ1v) is 15.3. The highest BCUT2D eigenvalue weighted by Crippen LogP contribution is 2.42. The number of morpholine rings is 1. The van der Waals surface area contributed by atoms with Crippen molar-refractivity contribution < 1.29 is 9.53 Å². The van der Waals surface area contributed by atoms with Crippen LogP contribution in [-0.4, -0.2) is 70.2 Å². The van der Waals surface area contributed by atoms with Crippen molar-refractivity contribution in [1.29, 1.82) is 0 Å². The Morgan fingerprint density at radius 1 is 0.854 bits per heavy atom. The van der Waals surface area contributed by atoms with Gasteiger partial charge in [-0.15, -0.1) is 0 Å². The molecule has 4 heterocycles. The van der Waals surface area contributed by atoms with E-state index in [2.05, 4.69) is 75.9 Å². The summed E-state index contributed by atoms with van der Waals surface area (Å²) in [6.07, 6.45) is 5.29. The third kappa shape index (κ3) is 4.98. The Balaban J connectivity index is 1.08. The Morgan fingerprint density at radius 2 is 1.49 bits per heavy atom. The molecule has 6 heteroatoms. The third-order valence-corrected chi connectivity index (χ3v) is 10.0. The van der Waals surface area contributed by atoms with Gasteiger partial charge in [-0.25, -0.2) is 4.98 Å². The minimum absolute atomic E-state index is 0.0812. The second kappa shape index (κ2) is 11.1. The zero-order chi connectivity index (χ0) is 27.8. The molecule has 1 amide bonds. The molecule has 2 atom stereocenters. The van der Waals surface area contributed by atoms with Crippen LogP contribution in [0.5, 0.6) is 0 Å². The van der Waals surface area contributed by atoms with Crippen LogP contribution in [0.1, 0.15) is 59.9 Å². The maximum Gasteiger partial charge on any atom is 0.253 e. The van der Waals surface area contributed by atoms with Crippen LogP contribution < -0.4 is 0 Å². The molecule has 2 unspecified atom stereocenters. The number of hydrogen-bond donors (Lipinski definition) is 0. The number of benzene rings is 3. The summed E-state index contributed by atoms with van der Waals surface area (Å²) < 4.78 is 8.61. The standard InChI is InChI=1S/C35H40N4O2/c1-26-36-32-14-8-9-15-33(32)39(26)29-22-30-24-41-25-31(23-29)38(30)21-18-35(28-12-6-3-7-13-28)16-19-37(20-17-35)34(40)27-10-4-2-5-11-27/h2-15,29-31H,16-25H2,1H3. The van der Waals surface area contributed by atoms with Gasteiger partial charge in [0.2, 0.25) is 0 Å². The Bertz CT molecular complexity index is 1480. The number of fused-ring (bicyclic) bond motifs is 3. The molecule has 3 fully saturated rings. The average Bonchev–Trinajstić information content (AvgIpc) is 3.36. The van der Waals surface area contributed by atoms with Gasteiger partial charge in [-0.2, -0.15) is 0 Å². The largest absolute Gasteiger partial charge is 0.378 e. The van der Waals surface area contributed by atoms with Gasteiger partial charge in [0.25, 0.3) is 5.91 Å². The molecule has 0 saturated carbocycles. The van der Waals surface area contributed by atoms with E-state index >= 15 is 0 Å². The lowest BCUT2D eigenvalue weighted by molar-refractivity contribution is -0.0879. The van der Waals surface area contributed by atoms with Crippen LogP contribution in [0.25, 0.3) is 11.0 Å². The van der Waals surface area contributed by atoms with Gasteiger partial charge in [-0.1, -0.05) is 60.7 Å². The number of aryl methyl sites for hydroxylation is 1. The number of piperidine rings is 2. The van der Waals surface area contributed by atoms with Crippen LogP contribution >= 0.6 is 0 Å². The fourth-order valence-electron chi connectivity index (χ4n) is 7.88. The molecule has 0 spiro atoms. The van der Waals surface area contributed by atoms with Crippen LogP contribution in [0.4, 0.5) is 0 Å². The zero-order valence-electron chi connectivity index (χ0n) is 24.0. The zero-order valence-corrected chi connectivity index (χ0v) is 24.0. The lowest BCUT2D eigenvalue weighted by atomic mass is 9.70. The number of likely N-dealkylation sites (tertiary alicyclic amines) is 1. The van der Waals surface area contributed by atoms with E-state index in [9.17, 15) is 4.79 Å². The summed E-state index contributed by atoms with van der Waals surface area (Å²) in [6, 6.07) is 30.6. The molecule has 6 nitrogen and oxygen atoms in total. The molecule has 3 aliphatic rings. The van der Waals surface area contributed by atoms with Gasteiger partial charge in [0.15, 0.2) is 0 Å². The van der Waals surface area contributed by atoms with Gasteiger partial charge >= 0.3 is 0 Å². The van der Waals surface area contributed by atoms with Crippen LogP contribution in [0.2, 0.25) is 0 Å². The lowest BCUT2D eigenvalue weighted by Gasteiger charge is -2.51. The van der Waals surface area contributed by atoms with Crippen molar-refractivity contribution in [3.8, 4) is 0 Å². The summed E-state index contributed by atoms with van der Waals surface area (Å²) in [4.78, 5) is 22.9. The molecular weight excluding hydrogens is 508 g/mol. The van der Waals surface area contributed by atoms with Crippen LogP contribution in [0.15, 0.2) is 84.9 Å². The maximum absolute atomic E-state index is 13.2. The lowest BCUT2D eigenvalue weighted by Crippen LogP contribution is -2.58. The number of aromatic nitrogens is 2. The van der Waals surface area contributed by atoms with E-state index in [0.717, 1.165) is 81.9 Å². The molecule has 7 rings (SSSR count). The topological polar surface area (TPSA) is 50.6 Å². The molecule has 3 aromatic carbocycles. The number of ether oxygens (including phenoxy) is 1. The number of carbonyl (C=O) groups excluding carboxylic acids is 1. The van der Waals surface area contributed by atoms with Crippen LogP contribution in [-0.2, 0) is 10.2 Å². The predicted molar refractivity (Wildman–Crippen MR) is 162 cm³/mol. The van der Waals surface area contributed by atoms with Crippen molar-refractivity contribution in [3.63, 3.8) is 0 Å². The molecule has 0 aliphatic carbocycles. The van der Waals surface area contributed by atoms with Gasteiger partial charge in [0.05, 0.1) is 24.2 Å². The number of carbonyl (C=O) groups is 1. The van der Waals surface area contributed by atoms with E-state index in [-0.39, 0.29) is 11.3 Å². The summed E-state index contributed by atoms with van der Waals surface area (Å²) in [5.74, 6) is 1.27. The van der Waals surface area contributed by atoms with Gasteiger partial charge in [-0.05, 0) is 80.8 Å². The number of amides is 1. The highest BCUT2D eigenvalue weighted by atomic mass is 16.5. The van der Waals surface area contributed by atoms with E-state index in [0.29, 0.717) is 18.1 Å². The Morgan fingerprint density at radius 3 is 2.20 bits per heavy atom. The molecule has 0 N–H and O–H groups in total. The van der Waals surface area contributed by atoms with Crippen molar-refractivity contribution in [3.05, 3.63) is 102 Å². The fourth-order valence-corrected chi connectivity index (χ4v) is 7.88. The molecule has 212 valence electrons. The average molecular weight is 549 g/mol. The Hall–Kier alpha value is -3.48. The normalized spacial score (nSPS) is 24.4. The van der Waals surface area contributed by atoms with Gasteiger partial charge < -0.3 is 14.2 Å². The van der Waals surface area contributed by atoms with Crippen molar-refractivity contribution in [2.75, 3.05) is 32.8 Å². The highest BCUT2D eigenvalue weighted by molar-refractivity contribution is 5.94. The third-order valence-electron chi connectivity index (χ3n) is 10.0. The molecule has 2 bridgehead atoms. The summed E-state index contributed by atoms with van der Waals surface area (Å²) in [5, 5.41) is 0. The van der Waals surface area contributed by atoms with Gasteiger partial charge in [-0.3, -0.25) is 9.69 Å². The molecule has 4 aromatic rings. The monoisotopic (exact) mass is 548 g/mol. The number of hydrogen-bond acceptors (Lipinski definition) is 4. The van der Waals surface area contributed by atoms with Crippen molar-refractivity contribution in [1.82, 2.24) is 19.4 Å². The van der Waals surface area contributed by atoms with E-state index in [1.807, 2.05) is 30.3 Å². The SMILES string of the molecule is Cc1nc2ccccc2n1C1CC2COCC(C1)N2CCC1(c2ccccc2)CCN(C(=O)c2ccccc2)CC1. The number of para-hydroxylation sites is 2. The minimum atomic E-state index is 0.0812. The van der Waals surface area contributed by atoms with Crippen molar-refractivity contribution in [2.24, 2.45) is 0 Å². The van der Waals surface area contributed by atoms with E-state index in [1.54, 1.807) is 0 Å². The number of imidazole rings is 1. The van der Waals surface area contributed by atoms with E-state index in [1.165, 1.54) is 11.1 Å². The summed E-state index contributed by atoms with van der Waals surface area (Å²) in [6.45, 7) is 6.42. The fraction of sp³-hybridized carbons (Fsp3) is 0.429. The van der Waals surface area contributed by atoms with Crippen molar-refractivity contribution >= 4 is 16.9 Å². The molecular formula is C35H40N4O2. The summed E-state index contributed by atoms with van der Waals surface area (Å²) in [7, 11) is 0. The first kappa shape index (κ1) is 26.4. The van der Waals surface area contributed by atoms with E-state index in [4.69, 9.17) is 9.72 Å². The quantitative estimate of drug-likeness (QED) is 0.296. The first-order chi connectivity index (χ1) is 20.1. The maximum atomic E-state index is 13.2. The van der Waals surface area contributed by atoms with E-state index < -0.39 is 0 Å². The Kier molecular flexibility index (Phi) is 7.13. The highest BCUT2D eigenvalue weighted by Gasteiger charge is 2.43. The van der Waals surface area contributed by atoms with Crippen LogP contribution in [0, 0.1) is 6.92 Å². The first-order valence-electron chi connectivity index (χ1n) is 15.3. The summed E-state index contributed by atoms with van der Waals surface area (Å²) in [5.41, 5.74) is 4.63. The molecule has 1 aromatic heterocycles. The molecule has 41 heavy (non-hydrogen) atoms. The van der Waals surface area contributed by atoms with Crippen LogP contribution in [0.3, 0.4) is 0 Å². The second-order valence-corrected chi connectivity index (χ2v) is 12.3. The second-order valence-electron chi connectivity index (χ2n) is 12.3. The molecule has 3 saturated heterocycles. The summed E-state index contributed by atoms with van der Waals surface area (Å²) >= 11 is 0. The molecule has 3 aliphatic heterocycles. The van der Waals surface area contributed by atoms with Gasteiger partial charge in [0.1, 0.15) is 5.82 Å². The smallest absolute Gasteiger partial charge is 0.253 e. The predicted octanol–water partition coefficient (Wildman–Crippen LogP) is 6.01. The Labute approximate surface area is 242 Å².